The number of amides is 2. The number of carboxylic acid groups (broad SMARTS) is 2. The molecular weight excluding hydrogens is 536 g/mol. The van der Waals surface area contributed by atoms with Gasteiger partial charge in [-0.25, -0.2) is 9.59 Å². The number of nitrogens with one attached hydrogen (secondary N) is 1. The number of likely N-dealkylation sites (tertiary alicyclic amines) is 1. The van der Waals surface area contributed by atoms with Gasteiger partial charge in [-0.2, -0.15) is 0 Å². The van der Waals surface area contributed by atoms with Gasteiger partial charge in [0.15, 0.2) is 0 Å². The molecule has 0 radical (unpaired) electrons. The minimum atomic E-state index is -1.50. The predicted octanol–water partition coefficient (Wildman–Crippen LogP) is 5.35. The number of carbonyl (C=O) groups is 4. The molecule has 3 aromatic rings. The van der Waals surface area contributed by atoms with E-state index in [2.05, 4.69) is 5.32 Å². The van der Waals surface area contributed by atoms with Crippen LogP contribution in [0.15, 0.2) is 78.9 Å². The molecule has 1 aliphatic heterocycles. The largest absolute Gasteiger partial charge is 0.481 e. The van der Waals surface area contributed by atoms with Gasteiger partial charge >= 0.3 is 18.0 Å². The van der Waals surface area contributed by atoms with Crippen molar-refractivity contribution in [2.45, 2.75) is 39.2 Å². The molecule has 1 fully saturated rings. The van der Waals surface area contributed by atoms with Crippen LogP contribution in [0.25, 0.3) is 11.1 Å². The van der Waals surface area contributed by atoms with Crippen molar-refractivity contribution < 1.29 is 34.1 Å². The fourth-order valence-electron chi connectivity index (χ4n) is 5.44. The van der Waals surface area contributed by atoms with Crippen LogP contribution in [0.3, 0.4) is 0 Å². The molecule has 42 heavy (non-hydrogen) atoms. The van der Waals surface area contributed by atoms with Crippen molar-refractivity contribution in [3.8, 4) is 11.1 Å². The standard InChI is InChI=1S/C33H36N2O7/c1-32(2,3)42-31(41)35-17-16-25(20-35)33(30(39)40,21-34-28(36)26-14-7-8-15-27(26)29(37)38)19-22-10-9-13-24(18-22)23-11-5-4-6-12-23/h4-15,18,25H,16-17,19-21H2,1-3H3,(H,34,36)(H,37,38)(H,39,40)/t25-,33?/m0/s1. The number of aliphatic carboxylic acids is 1. The molecule has 3 N–H and O–H groups in total. The van der Waals surface area contributed by atoms with Gasteiger partial charge in [0.2, 0.25) is 0 Å². The maximum absolute atomic E-state index is 13.2. The summed E-state index contributed by atoms with van der Waals surface area (Å²) in [4.78, 5) is 52.5. The van der Waals surface area contributed by atoms with E-state index in [0.717, 1.165) is 16.7 Å². The summed E-state index contributed by atoms with van der Waals surface area (Å²) in [5.74, 6) is -3.57. The lowest BCUT2D eigenvalue weighted by molar-refractivity contribution is -0.152. The molecule has 9 heteroatoms. The Morgan fingerprint density at radius 1 is 0.881 bits per heavy atom. The van der Waals surface area contributed by atoms with E-state index in [1.54, 1.807) is 26.8 Å². The van der Waals surface area contributed by atoms with Crippen molar-refractivity contribution in [1.82, 2.24) is 10.2 Å². The van der Waals surface area contributed by atoms with Gasteiger partial charge in [0.1, 0.15) is 5.60 Å². The summed E-state index contributed by atoms with van der Waals surface area (Å²) in [5.41, 5.74) is 0.224. The van der Waals surface area contributed by atoms with Crippen LogP contribution in [-0.2, 0) is 16.0 Å². The second kappa shape index (κ2) is 12.5. The Morgan fingerprint density at radius 2 is 1.52 bits per heavy atom. The first-order chi connectivity index (χ1) is 19.9. The van der Waals surface area contributed by atoms with Crippen LogP contribution < -0.4 is 5.32 Å². The first-order valence-electron chi connectivity index (χ1n) is 13.9. The molecular formula is C33H36N2O7. The Kier molecular flexibility index (Phi) is 8.99. The third-order valence-electron chi connectivity index (χ3n) is 7.57. The van der Waals surface area contributed by atoms with Crippen molar-refractivity contribution in [1.29, 1.82) is 0 Å². The average Bonchev–Trinajstić information content (AvgIpc) is 3.46. The average molecular weight is 573 g/mol. The van der Waals surface area contributed by atoms with Crippen LogP contribution in [0.1, 0.15) is 53.5 Å². The maximum atomic E-state index is 13.2. The zero-order valence-electron chi connectivity index (χ0n) is 24.0. The van der Waals surface area contributed by atoms with E-state index < -0.39 is 40.9 Å². The smallest absolute Gasteiger partial charge is 0.410 e. The predicted molar refractivity (Wildman–Crippen MR) is 157 cm³/mol. The van der Waals surface area contributed by atoms with Crippen molar-refractivity contribution >= 4 is 23.9 Å². The van der Waals surface area contributed by atoms with Gasteiger partial charge in [0, 0.05) is 19.6 Å². The van der Waals surface area contributed by atoms with Crippen LogP contribution in [0.4, 0.5) is 4.79 Å². The molecule has 0 spiro atoms. The normalized spacial score (nSPS) is 16.4. The monoisotopic (exact) mass is 572 g/mol. The quantitative estimate of drug-likeness (QED) is 0.315. The molecule has 0 aromatic heterocycles. The molecule has 3 aromatic carbocycles. The van der Waals surface area contributed by atoms with Crippen LogP contribution >= 0.6 is 0 Å². The second-order valence-electron chi connectivity index (χ2n) is 11.6. The van der Waals surface area contributed by atoms with Crippen LogP contribution in [0.2, 0.25) is 0 Å². The number of rotatable bonds is 9. The molecule has 220 valence electrons. The lowest BCUT2D eigenvalue weighted by atomic mass is 9.70. The first kappa shape index (κ1) is 30.3. The van der Waals surface area contributed by atoms with Gasteiger partial charge in [-0.1, -0.05) is 66.7 Å². The Balaban J connectivity index is 1.67. The number of carbonyl (C=O) groups excluding carboxylic acids is 2. The van der Waals surface area contributed by atoms with E-state index in [1.165, 1.54) is 23.1 Å². The van der Waals surface area contributed by atoms with Gasteiger partial charge in [0.05, 0.1) is 16.5 Å². The molecule has 2 atom stereocenters. The summed E-state index contributed by atoms with van der Waals surface area (Å²) in [6, 6.07) is 23.1. The Labute approximate surface area is 245 Å². The molecule has 0 saturated carbocycles. The minimum Gasteiger partial charge on any atom is -0.481 e. The van der Waals surface area contributed by atoms with Crippen molar-refractivity contribution in [2.24, 2.45) is 11.3 Å². The Morgan fingerprint density at radius 3 is 2.17 bits per heavy atom. The summed E-state index contributed by atoms with van der Waals surface area (Å²) in [7, 11) is 0. The summed E-state index contributed by atoms with van der Waals surface area (Å²) in [6.45, 7) is 5.49. The molecule has 1 unspecified atom stereocenters. The highest BCUT2D eigenvalue weighted by atomic mass is 16.6. The van der Waals surface area contributed by atoms with E-state index >= 15 is 0 Å². The highest BCUT2D eigenvalue weighted by molar-refractivity contribution is 6.04. The van der Waals surface area contributed by atoms with Crippen molar-refractivity contribution in [3.63, 3.8) is 0 Å². The summed E-state index contributed by atoms with van der Waals surface area (Å²) >= 11 is 0. The maximum Gasteiger partial charge on any atom is 0.410 e. The van der Waals surface area contributed by atoms with E-state index in [4.69, 9.17) is 4.74 Å². The fraction of sp³-hybridized carbons (Fsp3) is 0.333. The lowest BCUT2D eigenvalue weighted by Crippen LogP contribution is -2.51. The molecule has 4 rings (SSSR count). The fourth-order valence-corrected chi connectivity index (χ4v) is 5.44. The third kappa shape index (κ3) is 6.97. The minimum absolute atomic E-state index is 0.0582. The number of benzene rings is 3. The number of hydrogen-bond acceptors (Lipinski definition) is 5. The van der Waals surface area contributed by atoms with Gasteiger partial charge in [-0.05, 0) is 68.4 Å². The number of carboxylic acids is 2. The Bertz CT molecular complexity index is 1460. The van der Waals surface area contributed by atoms with Crippen molar-refractivity contribution in [3.05, 3.63) is 95.6 Å². The van der Waals surface area contributed by atoms with E-state index in [-0.39, 0.29) is 30.6 Å². The zero-order chi connectivity index (χ0) is 30.5. The SMILES string of the molecule is CC(C)(C)OC(=O)N1CC[C@H](C(CNC(=O)c2ccccc2C(=O)O)(Cc2cccc(-c3ccccc3)c2)C(=O)O)C1. The topological polar surface area (TPSA) is 133 Å². The Hall–Kier alpha value is -4.66. The second-order valence-corrected chi connectivity index (χ2v) is 11.6. The van der Waals surface area contributed by atoms with Gasteiger partial charge in [-0.15, -0.1) is 0 Å². The summed E-state index contributed by atoms with van der Waals surface area (Å²) in [5, 5.41) is 23.1. The zero-order valence-corrected chi connectivity index (χ0v) is 24.0. The molecule has 1 aliphatic rings. The number of hydrogen-bond donors (Lipinski definition) is 3. The van der Waals surface area contributed by atoms with Crippen LogP contribution in [-0.4, -0.2) is 64.3 Å². The molecule has 0 aliphatic carbocycles. The summed E-state index contributed by atoms with van der Waals surface area (Å²) in [6.07, 6.45) is -0.0443. The highest BCUT2D eigenvalue weighted by Gasteiger charge is 2.50. The number of nitrogens with zero attached hydrogens (tertiary/aromatic N) is 1. The molecule has 1 saturated heterocycles. The molecule has 1 heterocycles. The molecule has 2 amide bonds. The van der Waals surface area contributed by atoms with Gasteiger partial charge < -0.3 is 25.2 Å². The summed E-state index contributed by atoms with van der Waals surface area (Å²) < 4.78 is 5.53. The van der Waals surface area contributed by atoms with Gasteiger partial charge in [-0.3, -0.25) is 9.59 Å². The van der Waals surface area contributed by atoms with Crippen LogP contribution in [0, 0.1) is 11.3 Å². The van der Waals surface area contributed by atoms with E-state index in [1.807, 2.05) is 54.6 Å². The number of aromatic carboxylic acids is 1. The van der Waals surface area contributed by atoms with Gasteiger partial charge in [0.25, 0.3) is 5.91 Å². The van der Waals surface area contributed by atoms with E-state index in [0.29, 0.717) is 13.0 Å². The van der Waals surface area contributed by atoms with E-state index in [9.17, 15) is 29.4 Å². The third-order valence-corrected chi connectivity index (χ3v) is 7.57. The molecule has 0 bridgehead atoms. The molecule has 9 nitrogen and oxygen atoms in total. The number of ether oxygens (including phenoxy) is 1. The van der Waals surface area contributed by atoms with Crippen LogP contribution in [0.5, 0.6) is 0 Å². The highest BCUT2D eigenvalue weighted by Crippen LogP contribution is 2.39. The lowest BCUT2D eigenvalue weighted by Gasteiger charge is -2.36. The first-order valence-corrected chi connectivity index (χ1v) is 13.9. The van der Waals surface area contributed by atoms with Crippen molar-refractivity contribution in [2.75, 3.05) is 19.6 Å².